The van der Waals surface area contributed by atoms with Gasteiger partial charge in [-0.1, -0.05) is 19.1 Å². The smallest absolute Gasteiger partial charge is 0.127 e. The fraction of sp³-hybridized carbons (Fsp3) is 0.533. The number of fused-ring (bicyclic) bond motifs is 1. The van der Waals surface area contributed by atoms with E-state index in [9.17, 15) is 0 Å². The van der Waals surface area contributed by atoms with Gasteiger partial charge in [0.05, 0.1) is 16.4 Å². The second kappa shape index (κ2) is 6.19. The van der Waals surface area contributed by atoms with Crippen molar-refractivity contribution in [1.82, 2.24) is 9.55 Å². The Morgan fingerprint density at radius 3 is 2.74 bits per heavy atom. The van der Waals surface area contributed by atoms with Crippen molar-refractivity contribution in [3.63, 3.8) is 0 Å². The summed E-state index contributed by atoms with van der Waals surface area (Å²) in [4.78, 5) is 4.72. The van der Waals surface area contributed by atoms with Gasteiger partial charge >= 0.3 is 0 Å². The minimum Gasteiger partial charge on any atom is -0.323 e. The molecule has 19 heavy (non-hydrogen) atoms. The van der Waals surface area contributed by atoms with Crippen molar-refractivity contribution in [3.8, 4) is 0 Å². The first kappa shape index (κ1) is 14.7. The van der Waals surface area contributed by atoms with Gasteiger partial charge in [0.15, 0.2) is 0 Å². The molecule has 0 N–H and O–H groups in total. The van der Waals surface area contributed by atoms with Crippen molar-refractivity contribution in [2.45, 2.75) is 39.1 Å². The maximum Gasteiger partial charge on any atom is 0.127 e. The molecular formula is C15H21ClN2S. The number of alkyl halides is 1. The Morgan fingerprint density at radius 2 is 2.11 bits per heavy atom. The van der Waals surface area contributed by atoms with Crippen LogP contribution in [0.15, 0.2) is 18.2 Å². The number of aryl methyl sites for hydroxylation is 1. The molecule has 0 bridgehead atoms. The highest BCUT2D eigenvalue weighted by Gasteiger charge is 2.19. The zero-order valence-electron chi connectivity index (χ0n) is 12.0. The van der Waals surface area contributed by atoms with Crippen LogP contribution in [0.2, 0.25) is 0 Å². The second-order valence-electron chi connectivity index (χ2n) is 4.91. The standard InChI is InChI=1S/C15H21ClN2S/c1-5-19-9-11(3)18-14-10(2)7-6-8-13(14)17-15(18)12(4)16/h6-8,11-12H,5,9H2,1-4H3. The molecule has 0 saturated carbocycles. The van der Waals surface area contributed by atoms with Gasteiger partial charge in [-0.25, -0.2) is 4.98 Å². The lowest BCUT2D eigenvalue weighted by atomic mass is 10.2. The zero-order valence-corrected chi connectivity index (χ0v) is 13.6. The summed E-state index contributed by atoms with van der Waals surface area (Å²) in [6.45, 7) is 8.58. The first-order valence-corrected chi connectivity index (χ1v) is 8.34. The van der Waals surface area contributed by atoms with Crippen molar-refractivity contribution >= 4 is 34.4 Å². The number of halogens is 1. The summed E-state index contributed by atoms with van der Waals surface area (Å²) in [6, 6.07) is 6.68. The van der Waals surface area contributed by atoms with Crippen LogP contribution in [0.25, 0.3) is 11.0 Å². The normalized spacial score (nSPS) is 14.8. The third-order valence-electron chi connectivity index (χ3n) is 3.30. The SMILES string of the molecule is CCSCC(C)n1c(C(C)Cl)nc2cccc(C)c21. The predicted molar refractivity (Wildman–Crippen MR) is 86.4 cm³/mol. The van der Waals surface area contributed by atoms with Gasteiger partial charge in [-0.3, -0.25) is 0 Å². The molecule has 1 heterocycles. The summed E-state index contributed by atoms with van der Waals surface area (Å²) in [6.07, 6.45) is 0. The summed E-state index contributed by atoms with van der Waals surface area (Å²) in [5.41, 5.74) is 3.55. The van der Waals surface area contributed by atoms with Crippen LogP contribution in [-0.4, -0.2) is 21.1 Å². The zero-order chi connectivity index (χ0) is 14.0. The summed E-state index contributed by atoms with van der Waals surface area (Å²) in [5, 5.41) is -0.0686. The molecule has 2 atom stereocenters. The molecule has 0 fully saturated rings. The van der Waals surface area contributed by atoms with Gasteiger partial charge in [-0.05, 0) is 38.2 Å². The maximum atomic E-state index is 6.32. The number of thioether (sulfide) groups is 1. The van der Waals surface area contributed by atoms with E-state index in [2.05, 4.69) is 43.5 Å². The van der Waals surface area contributed by atoms with Crippen molar-refractivity contribution < 1.29 is 0 Å². The molecule has 0 spiro atoms. The number of rotatable bonds is 5. The number of para-hydroxylation sites is 1. The van der Waals surface area contributed by atoms with Gasteiger partial charge in [-0.2, -0.15) is 11.8 Å². The van der Waals surface area contributed by atoms with Crippen molar-refractivity contribution in [2.75, 3.05) is 11.5 Å². The summed E-state index contributed by atoms with van der Waals surface area (Å²) >= 11 is 8.28. The number of benzene rings is 1. The van der Waals surface area contributed by atoms with Crippen LogP contribution in [0, 0.1) is 6.92 Å². The largest absolute Gasteiger partial charge is 0.323 e. The van der Waals surface area contributed by atoms with E-state index in [-0.39, 0.29) is 5.38 Å². The molecule has 2 rings (SSSR count). The first-order valence-electron chi connectivity index (χ1n) is 6.75. The van der Waals surface area contributed by atoms with E-state index in [0.717, 1.165) is 22.8 Å². The molecule has 104 valence electrons. The quantitative estimate of drug-likeness (QED) is 0.726. The van der Waals surface area contributed by atoms with E-state index in [4.69, 9.17) is 16.6 Å². The monoisotopic (exact) mass is 296 g/mol. The van der Waals surface area contributed by atoms with Gasteiger partial charge in [-0.15, -0.1) is 11.6 Å². The third-order valence-corrected chi connectivity index (χ3v) is 4.62. The summed E-state index contributed by atoms with van der Waals surface area (Å²) in [5.74, 6) is 3.21. The summed E-state index contributed by atoms with van der Waals surface area (Å²) < 4.78 is 2.32. The number of aromatic nitrogens is 2. The Hall–Kier alpha value is -0.670. The van der Waals surface area contributed by atoms with E-state index < -0.39 is 0 Å². The molecule has 2 unspecified atom stereocenters. The second-order valence-corrected chi connectivity index (χ2v) is 6.88. The average molecular weight is 297 g/mol. The van der Waals surface area contributed by atoms with Gasteiger partial charge in [0.1, 0.15) is 5.82 Å². The van der Waals surface area contributed by atoms with Crippen molar-refractivity contribution in [1.29, 1.82) is 0 Å². The molecular weight excluding hydrogens is 276 g/mol. The lowest BCUT2D eigenvalue weighted by Gasteiger charge is -2.19. The minimum atomic E-state index is -0.0686. The molecule has 4 heteroatoms. The Morgan fingerprint density at radius 1 is 1.37 bits per heavy atom. The minimum absolute atomic E-state index is 0.0686. The number of imidazole rings is 1. The van der Waals surface area contributed by atoms with Crippen LogP contribution in [-0.2, 0) is 0 Å². The molecule has 0 aliphatic carbocycles. The van der Waals surface area contributed by atoms with E-state index in [1.807, 2.05) is 18.7 Å². The van der Waals surface area contributed by atoms with E-state index in [1.54, 1.807) is 0 Å². The Labute approximate surface area is 124 Å². The van der Waals surface area contributed by atoms with Crippen LogP contribution in [0.3, 0.4) is 0 Å². The average Bonchev–Trinajstić information content (AvgIpc) is 2.77. The van der Waals surface area contributed by atoms with Gasteiger partial charge < -0.3 is 4.57 Å². The molecule has 0 radical (unpaired) electrons. The topological polar surface area (TPSA) is 17.8 Å². The fourth-order valence-electron chi connectivity index (χ4n) is 2.43. The molecule has 2 aromatic rings. The summed E-state index contributed by atoms with van der Waals surface area (Å²) in [7, 11) is 0. The molecule has 0 aliphatic heterocycles. The van der Waals surface area contributed by atoms with Gasteiger partial charge in [0.25, 0.3) is 0 Å². The fourth-order valence-corrected chi connectivity index (χ4v) is 3.31. The van der Waals surface area contributed by atoms with Gasteiger partial charge in [0, 0.05) is 11.8 Å². The van der Waals surface area contributed by atoms with Gasteiger partial charge in [0.2, 0.25) is 0 Å². The highest BCUT2D eigenvalue weighted by molar-refractivity contribution is 7.99. The van der Waals surface area contributed by atoms with E-state index >= 15 is 0 Å². The van der Waals surface area contributed by atoms with Crippen LogP contribution >= 0.6 is 23.4 Å². The van der Waals surface area contributed by atoms with Crippen molar-refractivity contribution in [2.24, 2.45) is 0 Å². The molecule has 0 saturated heterocycles. The maximum absolute atomic E-state index is 6.32. The predicted octanol–water partition coefficient (Wildman–Crippen LogP) is 4.96. The molecule has 0 aliphatic rings. The molecule has 2 nitrogen and oxygen atoms in total. The van der Waals surface area contributed by atoms with Crippen LogP contribution in [0.4, 0.5) is 0 Å². The number of nitrogens with zero attached hydrogens (tertiary/aromatic N) is 2. The molecule has 0 amide bonds. The van der Waals surface area contributed by atoms with E-state index in [1.165, 1.54) is 11.1 Å². The lowest BCUT2D eigenvalue weighted by Crippen LogP contribution is -2.12. The Kier molecular flexibility index (Phi) is 4.80. The Balaban J connectivity index is 2.57. The highest BCUT2D eigenvalue weighted by atomic mass is 35.5. The van der Waals surface area contributed by atoms with Crippen molar-refractivity contribution in [3.05, 3.63) is 29.6 Å². The van der Waals surface area contributed by atoms with Crippen LogP contribution in [0.1, 0.15) is 43.6 Å². The van der Waals surface area contributed by atoms with E-state index in [0.29, 0.717) is 6.04 Å². The molecule has 1 aromatic heterocycles. The highest BCUT2D eigenvalue weighted by Crippen LogP contribution is 2.30. The lowest BCUT2D eigenvalue weighted by molar-refractivity contribution is 0.592. The van der Waals surface area contributed by atoms with Crippen LogP contribution in [0.5, 0.6) is 0 Å². The first-order chi connectivity index (χ1) is 9.06. The number of hydrogen-bond acceptors (Lipinski definition) is 2. The Bertz CT molecular complexity index is 563. The third kappa shape index (κ3) is 2.92. The number of hydrogen-bond donors (Lipinski definition) is 0. The van der Waals surface area contributed by atoms with Crippen LogP contribution < -0.4 is 0 Å². The molecule has 1 aromatic carbocycles.